The second-order valence-corrected chi connectivity index (χ2v) is 12.9. The van der Waals surface area contributed by atoms with E-state index >= 15 is 0 Å². The van der Waals surface area contributed by atoms with Gasteiger partial charge >= 0.3 is 11.9 Å². The molecule has 45 heavy (non-hydrogen) atoms. The summed E-state index contributed by atoms with van der Waals surface area (Å²) in [5.41, 5.74) is 0. The Morgan fingerprint density at radius 3 is 1.04 bits per heavy atom. The molecule has 0 saturated heterocycles. The smallest absolute Gasteiger partial charge is 0.305 e. The molecule has 0 aromatic rings. The molecule has 0 spiro atoms. The van der Waals surface area contributed by atoms with Gasteiger partial charge < -0.3 is 14.8 Å². The minimum atomic E-state index is -0.110. The fraction of sp³-hybridized carbons (Fsp3) is 0.850. The number of hydrogen-bond donors (Lipinski definition) is 1. The first kappa shape index (κ1) is 43.4. The summed E-state index contributed by atoms with van der Waals surface area (Å²) in [4.78, 5) is 23.8. The molecule has 1 N–H and O–H groups in total. The third kappa shape index (κ3) is 38.5. The van der Waals surface area contributed by atoms with Crippen molar-refractivity contribution in [1.82, 2.24) is 5.32 Å². The number of allylic oxidation sites excluding steroid dienone is 4. The predicted octanol–water partition coefficient (Wildman–Crippen LogP) is 11.7. The van der Waals surface area contributed by atoms with Gasteiger partial charge in [0, 0.05) is 25.9 Å². The van der Waals surface area contributed by atoms with E-state index in [4.69, 9.17) is 9.47 Å². The monoisotopic (exact) mass is 634 g/mol. The lowest BCUT2D eigenvalue weighted by molar-refractivity contribution is -0.143. The summed E-state index contributed by atoms with van der Waals surface area (Å²) in [6.07, 6.45) is 43.0. The van der Waals surface area contributed by atoms with Crippen molar-refractivity contribution >= 4 is 11.9 Å². The molecule has 0 bridgehead atoms. The maximum absolute atomic E-state index is 11.9. The van der Waals surface area contributed by atoms with Crippen LogP contribution >= 0.6 is 0 Å². The molecule has 0 aromatic heterocycles. The van der Waals surface area contributed by atoms with Crippen LogP contribution in [0.2, 0.25) is 0 Å². The molecule has 5 nitrogen and oxygen atoms in total. The average molecular weight is 634 g/mol. The molecule has 0 fully saturated rings. The topological polar surface area (TPSA) is 64.6 Å². The van der Waals surface area contributed by atoms with Gasteiger partial charge in [-0.15, -0.1) is 0 Å². The average Bonchev–Trinajstić information content (AvgIpc) is 3.04. The Hall–Kier alpha value is -1.62. The van der Waals surface area contributed by atoms with E-state index in [1.807, 2.05) is 0 Å². The van der Waals surface area contributed by atoms with E-state index in [1.165, 1.54) is 141 Å². The van der Waals surface area contributed by atoms with Gasteiger partial charge in [0.05, 0.1) is 0 Å². The van der Waals surface area contributed by atoms with Crippen LogP contribution < -0.4 is 5.32 Å². The van der Waals surface area contributed by atoms with Crippen LogP contribution in [-0.4, -0.2) is 38.2 Å². The molecule has 0 radical (unpaired) electrons. The quantitative estimate of drug-likeness (QED) is 0.0422. The highest BCUT2D eigenvalue weighted by Crippen LogP contribution is 2.12. The summed E-state index contributed by atoms with van der Waals surface area (Å²) in [7, 11) is 0. The number of hydrogen-bond acceptors (Lipinski definition) is 5. The molecule has 0 aliphatic heterocycles. The van der Waals surface area contributed by atoms with Crippen molar-refractivity contribution in [2.45, 2.75) is 194 Å². The van der Waals surface area contributed by atoms with E-state index in [2.05, 4.69) is 43.5 Å². The van der Waals surface area contributed by atoms with Crippen molar-refractivity contribution in [3.8, 4) is 0 Å². The molecule has 0 aliphatic carbocycles. The van der Waals surface area contributed by atoms with Crippen LogP contribution in [-0.2, 0) is 19.1 Å². The van der Waals surface area contributed by atoms with Crippen LogP contribution in [0.1, 0.15) is 194 Å². The third-order valence-electron chi connectivity index (χ3n) is 8.37. The van der Waals surface area contributed by atoms with E-state index in [-0.39, 0.29) is 11.9 Å². The zero-order chi connectivity index (χ0) is 32.7. The van der Waals surface area contributed by atoms with Gasteiger partial charge in [-0.3, -0.25) is 9.59 Å². The number of rotatable bonds is 36. The van der Waals surface area contributed by atoms with Gasteiger partial charge in [-0.2, -0.15) is 0 Å². The lowest BCUT2D eigenvalue weighted by Gasteiger charge is -2.08. The summed E-state index contributed by atoms with van der Waals surface area (Å²) >= 11 is 0. The number of ether oxygens (including phenoxy) is 2. The zero-order valence-corrected chi connectivity index (χ0v) is 30.1. The van der Waals surface area contributed by atoms with Crippen molar-refractivity contribution in [1.29, 1.82) is 0 Å². The van der Waals surface area contributed by atoms with E-state index < -0.39 is 0 Å². The van der Waals surface area contributed by atoms with Gasteiger partial charge in [0.25, 0.3) is 0 Å². The Morgan fingerprint density at radius 1 is 0.422 bits per heavy atom. The normalized spacial score (nSPS) is 11.6. The van der Waals surface area contributed by atoms with Gasteiger partial charge in [0.15, 0.2) is 0 Å². The van der Waals surface area contributed by atoms with Crippen LogP contribution in [0.4, 0.5) is 0 Å². The summed E-state index contributed by atoms with van der Waals surface area (Å²) in [6.45, 7) is 6.44. The molecule has 0 saturated carbocycles. The van der Waals surface area contributed by atoms with E-state index in [9.17, 15) is 9.59 Å². The number of esters is 2. The highest BCUT2D eigenvalue weighted by molar-refractivity contribution is 5.69. The molecule has 264 valence electrons. The van der Waals surface area contributed by atoms with E-state index in [1.54, 1.807) is 0 Å². The second kappa shape index (κ2) is 38.6. The first-order valence-corrected chi connectivity index (χ1v) is 19.5. The minimum absolute atomic E-state index is 0.110. The summed E-state index contributed by atoms with van der Waals surface area (Å²) in [5, 5.41) is 3.17. The molecule has 5 heteroatoms. The highest BCUT2D eigenvalue weighted by atomic mass is 16.5. The number of unbranched alkanes of at least 4 members (excludes halogenated alkanes) is 22. The largest absolute Gasteiger partial charge is 0.464 e. The van der Waals surface area contributed by atoms with Crippen LogP contribution in [0.15, 0.2) is 24.3 Å². The van der Waals surface area contributed by atoms with Crippen LogP contribution in [0.25, 0.3) is 0 Å². The Labute approximate surface area is 280 Å². The molecule has 0 atom stereocenters. The van der Waals surface area contributed by atoms with Gasteiger partial charge in [-0.25, -0.2) is 0 Å². The minimum Gasteiger partial charge on any atom is -0.464 e. The maximum Gasteiger partial charge on any atom is 0.305 e. The van der Waals surface area contributed by atoms with Gasteiger partial charge in [-0.1, -0.05) is 141 Å². The first-order valence-electron chi connectivity index (χ1n) is 19.5. The van der Waals surface area contributed by atoms with Crippen molar-refractivity contribution in [2.75, 3.05) is 26.3 Å². The lowest BCUT2D eigenvalue weighted by Crippen LogP contribution is -2.26. The molecular weight excluding hydrogens is 558 g/mol. The second-order valence-electron chi connectivity index (χ2n) is 12.9. The molecule has 0 rings (SSSR count). The van der Waals surface area contributed by atoms with E-state index in [0.717, 1.165) is 25.7 Å². The molecule has 0 aromatic carbocycles. The standard InChI is InChI=1S/C40H75NO4/c1-3-5-7-9-11-13-15-17-19-21-23-25-27-29-31-33-39(42)44-37-35-41-36-38-45-40(43)34-32-30-28-26-24-22-20-18-16-14-12-10-8-6-4-2/h17-20,41H,3-16,21-38H2,1-2H3. The van der Waals surface area contributed by atoms with Crippen molar-refractivity contribution in [3.63, 3.8) is 0 Å². The van der Waals surface area contributed by atoms with E-state index in [0.29, 0.717) is 39.1 Å². The first-order chi connectivity index (χ1) is 22.2. The lowest BCUT2D eigenvalue weighted by atomic mass is 10.1. The van der Waals surface area contributed by atoms with Crippen molar-refractivity contribution in [2.24, 2.45) is 0 Å². The SMILES string of the molecule is CCCCCCCCC=CCCCCCCCC(=O)OCCNCCOC(=O)CCCCCCCC=CCCCCCCCC. The molecular formula is C40H75NO4. The van der Waals surface area contributed by atoms with Crippen LogP contribution in [0.3, 0.4) is 0 Å². The molecule has 0 unspecified atom stereocenters. The third-order valence-corrected chi connectivity index (χ3v) is 8.37. The molecule has 0 amide bonds. The van der Waals surface area contributed by atoms with Crippen molar-refractivity contribution < 1.29 is 19.1 Å². The number of nitrogens with one attached hydrogen (secondary N) is 1. The Kier molecular flexibility index (Phi) is 37.2. The van der Waals surface area contributed by atoms with Crippen LogP contribution in [0.5, 0.6) is 0 Å². The van der Waals surface area contributed by atoms with Gasteiger partial charge in [0.1, 0.15) is 13.2 Å². The molecule has 0 aliphatic rings. The Bertz CT molecular complexity index is 619. The highest BCUT2D eigenvalue weighted by Gasteiger charge is 2.04. The fourth-order valence-electron chi connectivity index (χ4n) is 5.42. The fourth-order valence-corrected chi connectivity index (χ4v) is 5.42. The van der Waals surface area contributed by atoms with Crippen LogP contribution in [0, 0.1) is 0 Å². The van der Waals surface area contributed by atoms with Gasteiger partial charge in [-0.05, 0) is 64.2 Å². The number of carbonyl (C=O) groups is 2. The number of carbonyl (C=O) groups excluding carboxylic acids is 2. The summed E-state index contributed by atoms with van der Waals surface area (Å²) in [6, 6.07) is 0. The Balaban J connectivity index is 3.31. The zero-order valence-electron chi connectivity index (χ0n) is 30.1. The van der Waals surface area contributed by atoms with Gasteiger partial charge in [0.2, 0.25) is 0 Å². The predicted molar refractivity (Wildman–Crippen MR) is 194 cm³/mol. The summed E-state index contributed by atoms with van der Waals surface area (Å²) < 4.78 is 10.6. The Morgan fingerprint density at radius 2 is 0.711 bits per heavy atom. The molecule has 0 heterocycles. The van der Waals surface area contributed by atoms with Crippen molar-refractivity contribution in [3.05, 3.63) is 24.3 Å². The maximum atomic E-state index is 11.9. The summed E-state index contributed by atoms with van der Waals surface area (Å²) in [5.74, 6) is -0.221.